The number of carboxylic acids is 1. The molecule has 1 aliphatic heterocycles. The highest BCUT2D eigenvalue weighted by atomic mass is 35.5. The number of nitrogens with one attached hydrogen (secondary N) is 1. The first-order chi connectivity index (χ1) is 11.8. The topological polar surface area (TPSA) is 94.1 Å². The Morgan fingerprint density at radius 1 is 1.44 bits per heavy atom. The Morgan fingerprint density at radius 2 is 2.16 bits per heavy atom. The van der Waals surface area contributed by atoms with Crippen LogP contribution in [0.3, 0.4) is 0 Å². The van der Waals surface area contributed by atoms with Crippen LogP contribution in [0.2, 0.25) is 5.02 Å². The summed E-state index contributed by atoms with van der Waals surface area (Å²) in [6.45, 7) is 4.64. The normalized spacial score (nSPS) is 19.7. The minimum Gasteiger partial charge on any atom is -0.493 e. The summed E-state index contributed by atoms with van der Waals surface area (Å²) in [4.78, 5) is 24.0. The first kappa shape index (κ1) is 19.3. The fraction of sp³-hybridized carbons (Fsp3) is 0.529. The maximum atomic E-state index is 12.5. The van der Waals surface area contributed by atoms with Gasteiger partial charge in [-0.1, -0.05) is 25.4 Å². The van der Waals surface area contributed by atoms with Gasteiger partial charge in [-0.2, -0.15) is 0 Å². The van der Waals surface area contributed by atoms with Gasteiger partial charge in [-0.05, 0) is 18.1 Å². The predicted octanol–water partition coefficient (Wildman–Crippen LogP) is 2.36. The number of hydrogen-bond acceptors (Lipinski definition) is 5. The molecule has 7 nitrogen and oxygen atoms in total. The van der Waals surface area contributed by atoms with Gasteiger partial charge in [0.25, 0.3) is 5.91 Å². The highest BCUT2D eigenvalue weighted by Crippen LogP contribution is 2.37. The van der Waals surface area contributed by atoms with E-state index >= 15 is 0 Å². The highest BCUT2D eigenvalue weighted by molar-refractivity contribution is 6.32. The molecule has 1 unspecified atom stereocenters. The van der Waals surface area contributed by atoms with Crippen LogP contribution >= 0.6 is 11.6 Å². The van der Waals surface area contributed by atoms with Gasteiger partial charge in [0.15, 0.2) is 17.0 Å². The number of halogens is 1. The lowest BCUT2D eigenvalue weighted by Crippen LogP contribution is -2.55. The summed E-state index contributed by atoms with van der Waals surface area (Å²) >= 11 is 6.23. The zero-order valence-corrected chi connectivity index (χ0v) is 15.2. The lowest BCUT2D eigenvalue weighted by atomic mass is 9.98. The zero-order chi connectivity index (χ0) is 18.6. The summed E-state index contributed by atoms with van der Waals surface area (Å²) in [6.07, 6.45) is 0.203. The van der Waals surface area contributed by atoms with Gasteiger partial charge in [0.2, 0.25) is 0 Å². The number of benzene rings is 1. The Bertz CT molecular complexity index is 655. The molecule has 1 atom stereocenters. The molecule has 0 spiro atoms. The lowest BCUT2D eigenvalue weighted by Gasteiger charge is -2.24. The molecule has 0 radical (unpaired) electrons. The van der Waals surface area contributed by atoms with Crippen LogP contribution in [-0.2, 0) is 9.53 Å². The van der Waals surface area contributed by atoms with E-state index in [9.17, 15) is 14.7 Å². The first-order valence-corrected chi connectivity index (χ1v) is 8.31. The number of amides is 1. The van der Waals surface area contributed by atoms with E-state index in [1.54, 1.807) is 0 Å². The zero-order valence-electron chi connectivity index (χ0n) is 14.4. The van der Waals surface area contributed by atoms with Crippen molar-refractivity contribution in [1.82, 2.24) is 5.32 Å². The van der Waals surface area contributed by atoms with Gasteiger partial charge in [-0.25, -0.2) is 4.79 Å². The van der Waals surface area contributed by atoms with Crippen LogP contribution in [0.5, 0.6) is 11.5 Å². The SMILES string of the molecule is COc1cc(C(=O)NC2(C(=O)O)CCOC2)cc(Cl)c1OCC(C)C. The highest BCUT2D eigenvalue weighted by Gasteiger charge is 2.44. The number of carbonyl (C=O) groups is 2. The van der Waals surface area contributed by atoms with Crippen LogP contribution < -0.4 is 14.8 Å². The van der Waals surface area contributed by atoms with Gasteiger partial charge in [-0.15, -0.1) is 0 Å². The van der Waals surface area contributed by atoms with E-state index in [1.165, 1.54) is 19.2 Å². The molecule has 0 aromatic heterocycles. The van der Waals surface area contributed by atoms with Crippen molar-refractivity contribution in [3.8, 4) is 11.5 Å². The molecule has 8 heteroatoms. The summed E-state index contributed by atoms with van der Waals surface area (Å²) in [7, 11) is 1.44. The summed E-state index contributed by atoms with van der Waals surface area (Å²) in [6, 6.07) is 2.91. The molecule has 138 valence electrons. The van der Waals surface area contributed by atoms with Crippen molar-refractivity contribution >= 4 is 23.5 Å². The molecule has 1 heterocycles. The van der Waals surface area contributed by atoms with Crippen LogP contribution in [0.1, 0.15) is 30.6 Å². The molecule has 1 fully saturated rings. The molecule has 0 saturated carbocycles. The molecule has 1 saturated heterocycles. The fourth-order valence-electron chi connectivity index (χ4n) is 2.42. The number of ether oxygens (including phenoxy) is 3. The van der Waals surface area contributed by atoms with Crippen LogP contribution in [0, 0.1) is 5.92 Å². The third-order valence-corrected chi connectivity index (χ3v) is 4.12. The van der Waals surface area contributed by atoms with Crippen molar-refractivity contribution in [3.63, 3.8) is 0 Å². The number of hydrogen-bond donors (Lipinski definition) is 2. The Balaban J connectivity index is 2.25. The predicted molar refractivity (Wildman–Crippen MR) is 91.6 cm³/mol. The van der Waals surface area contributed by atoms with Gasteiger partial charge in [0, 0.05) is 18.6 Å². The van der Waals surface area contributed by atoms with Gasteiger partial charge < -0.3 is 24.6 Å². The molecule has 0 bridgehead atoms. The maximum Gasteiger partial charge on any atom is 0.331 e. The van der Waals surface area contributed by atoms with Crippen molar-refractivity contribution in [1.29, 1.82) is 0 Å². The second-order valence-corrected chi connectivity index (χ2v) is 6.75. The molecule has 0 aliphatic carbocycles. The standard InChI is InChI=1S/C17H22ClNO6/c1-10(2)8-25-14-12(18)6-11(7-13(14)23-3)15(20)19-17(16(21)22)4-5-24-9-17/h6-7,10H,4-5,8-9H2,1-3H3,(H,19,20)(H,21,22). The van der Waals surface area contributed by atoms with E-state index < -0.39 is 17.4 Å². The van der Waals surface area contributed by atoms with Crippen molar-refractivity contribution in [2.24, 2.45) is 5.92 Å². The summed E-state index contributed by atoms with van der Waals surface area (Å²) < 4.78 is 16.0. The van der Waals surface area contributed by atoms with Gasteiger partial charge in [-0.3, -0.25) is 4.79 Å². The van der Waals surface area contributed by atoms with E-state index in [0.29, 0.717) is 24.0 Å². The number of aliphatic carboxylic acids is 1. The Morgan fingerprint density at radius 3 is 2.68 bits per heavy atom. The van der Waals surface area contributed by atoms with E-state index in [1.807, 2.05) is 13.8 Å². The van der Waals surface area contributed by atoms with Crippen LogP contribution in [0.4, 0.5) is 0 Å². The van der Waals surface area contributed by atoms with Crippen molar-refractivity contribution < 1.29 is 28.9 Å². The number of rotatable bonds is 7. The minimum atomic E-state index is -1.43. The number of carboxylic acid groups (broad SMARTS) is 1. The molecule has 2 N–H and O–H groups in total. The molecule has 1 amide bonds. The molecule has 1 aliphatic rings. The van der Waals surface area contributed by atoms with E-state index in [2.05, 4.69) is 5.32 Å². The second kappa shape index (κ2) is 7.93. The summed E-state index contributed by atoms with van der Waals surface area (Å²) in [5.41, 5.74) is -1.24. The molecule has 1 aromatic carbocycles. The van der Waals surface area contributed by atoms with Crippen molar-refractivity contribution in [2.45, 2.75) is 25.8 Å². The van der Waals surface area contributed by atoms with Crippen LogP contribution in [0.15, 0.2) is 12.1 Å². The number of methoxy groups -OCH3 is 1. The Hall–Kier alpha value is -1.99. The molecular formula is C17H22ClNO6. The first-order valence-electron chi connectivity index (χ1n) is 7.93. The van der Waals surface area contributed by atoms with E-state index in [0.717, 1.165) is 0 Å². The Labute approximate surface area is 151 Å². The lowest BCUT2D eigenvalue weighted by molar-refractivity contribution is -0.144. The van der Waals surface area contributed by atoms with E-state index in [4.69, 9.17) is 25.8 Å². The number of carbonyl (C=O) groups excluding carboxylic acids is 1. The Kier molecular flexibility index (Phi) is 6.13. The second-order valence-electron chi connectivity index (χ2n) is 6.34. The largest absolute Gasteiger partial charge is 0.493 e. The van der Waals surface area contributed by atoms with Gasteiger partial charge >= 0.3 is 5.97 Å². The van der Waals surface area contributed by atoms with Gasteiger partial charge in [0.05, 0.1) is 25.3 Å². The van der Waals surface area contributed by atoms with E-state index in [-0.39, 0.29) is 30.2 Å². The molecule has 25 heavy (non-hydrogen) atoms. The quantitative estimate of drug-likeness (QED) is 0.764. The molecular weight excluding hydrogens is 350 g/mol. The molecule has 1 aromatic rings. The third kappa shape index (κ3) is 4.35. The average molecular weight is 372 g/mol. The third-order valence-electron chi connectivity index (χ3n) is 3.84. The fourth-order valence-corrected chi connectivity index (χ4v) is 2.68. The van der Waals surface area contributed by atoms with Crippen molar-refractivity contribution in [2.75, 3.05) is 26.9 Å². The summed E-state index contributed by atoms with van der Waals surface area (Å²) in [5, 5.41) is 12.2. The monoisotopic (exact) mass is 371 g/mol. The maximum absolute atomic E-state index is 12.5. The average Bonchev–Trinajstić information content (AvgIpc) is 3.02. The minimum absolute atomic E-state index is 0.0749. The van der Waals surface area contributed by atoms with Crippen LogP contribution in [-0.4, -0.2) is 49.5 Å². The summed E-state index contributed by atoms with van der Waals surface area (Å²) in [5.74, 6) is -0.741. The smallest absolute Gasteiger partial charge is 0.331 e. The van der Waals surface area contributed by atoms with Crippen molar-refractivity contribution in [3.05, 3.63) is 22.7 Å². The molecule has 2 rings (SSSR count). The van der Waals surface area contributed by atoms with Crippen LogP contribution in [0.25, 0.3) is 0 Å². The van der Waals surface area contributed by atoms with Gasteiger partial charge in [0.1, 0.15) is 0 Å².